The second-order valence-corrected chi connectivity index (χ2v) is 12.2. The maximum atomic E-state index is 13.5. The van der Waals surface area contributed by atoms with Crippen molar-refractivity contribution in [2.45, 2.75) is 46.8 Å². The Morgan fingerprint density at radius 2 is 1.75 bits per heavy atom. The summed E-state index contributed by atoms with van der Waals surface area (Å²) in [5.74, 6) is 0.130. The fourth-order valence-corrected chi connectivity index (χ4v) is 5.65. The highest BCUT2D eigenvalue weighted by molar-refractivity contribution is 7.15. The highest BCUT2D eigenvalue weighted by Gasteiger charge is 2.48. The van der Waals surface area contributed by atoms with Gasteiger partial charge in [-0.05, 0) is 73.7 Å². The molecule has 1 amide bonds. The Morgan fingerprint density at radius 1 is 0.977 bits per heavy atom. The monoisotopic (exact) mass is 613 g/mol. The van der Waals surface area contributed by atoms with Crippen molar-refractivity contribution < 1.29 is 28.9 Å². The second-order valence-electron chi connectivity index (χ2n) is 11.0. The number of benzene rings is 3. The number of hydrogen-bond acceptors (Lipinski definition) is 9. The van der Waals surface area contributed by atoms with E-state index in [0.29, 0.717) is 52.5 Å². The van der Waals surface area contributed by atoms with E-state index in [1.54, 1.807) is 49.4 Å². The first-order chi connectivity index (χ1) is 21.2. The summed E-state index contributed by atoms with van der Waals surface area (Å²) in [6.45, 7) is 8.93. The van der Waals surface area contributed by atoms with Crippen LogP contribution in [0.3, 0.4) is 0 Å². The molecule has 1 atom stereocenters. The standard InChI is InChI=1S/C34H35N3O6S/c1-20(2)15-16-42-27-14-11-25(18-28(27)41-5)30-29(32(39)33(40)37(30)34-36-35-22(4)44-34)31(38)24-9-12-26(13-10-24)43-19-23-8-6-7-21(3)17-23/h6-14,17-18,20,30,38H,15-16,19H2,1-5H3. The third kappa shape index (κ3) is 6.60. The third-order valence-corrected chi connectivity index (χ3v) is 8.08. The number of nitrogens with zero attached hydrogens (tertiary/aromatic N) is 3. The Labute approximate surface area is 260 Å². The molecule has 1 fully saturated rings. The summed E-state index contributed by atoms with van der Waals surface area (Å²) in [6, 6.07) is 19.1. The largest absolute Gasteiger partial charge is 0.507 e. The van der Waals surface area contributed by atoms with E-state index in [4.69, 9.17) is 14.2 Å². The molecule has 0 bridgehead atoms. The molecule has 1 unspecified atom stereocenters. The minimum atomic E-state index is -0.974. The number of aromatic nitrogens is 2. The summed E-state index contributed by atoms with van der Waals surface area (Å²) < 4.78 is 17.5. The minimum absolute atomic E-state index is 0.0631. The predicted molar refractivity (Wildman–Crippen MR) is 169 cm³/mol. The van der Waals surface area contributed by atoms with Crippen LogP contribution in [0.25, 0.3) is 5.76 Å². The van der Waals surface area contributed by atoms with Crippen LogP contribution < -0.4 is 19.1 Å². The molecule has 9 nitrogen and oxygen atoms in total. The highest BCUT2D eigenvalue weighted by atomic mass is 32.1. The van der Waals surface area contributed by atoms with Crippen LogP contribution in [0.4, 0.5) is 5.13 Å². The summed E-state index contributed by atoms with van der Waals surface area (Å²) in [7, 11) is 1.53. The smallest absolute Gasteiger partial charge is 0.301 e. The van der Waals surface area contributed by atoms with Crippen molar-refractivity contribution in [2.24, 2.45) is 5.92 Å². The zero-order chi connectivity index (χ0) is 31.4. The molecule has 0 saturated carbocycles. The van der Waals surface area contributed by atoms with Crippen molar-refractivity contribution in [1.82, 2.24) is 10.2 Å². The fourth-order valence-electron chi connectivity index (χ4n) is 4.94. The number of amides is 1. The van der Waals surface area contributed by atoms with Crippen molar-refractivity contribution in [3.05, 3.63) is 99.6 Å². The quantitative estimate of drug-likeness (QED) is 0.112. The lowest BCUT2D eigenvalue weighted by atomic mass is 9.95. The number of Topliss-reactive ketones (excluding diaryl/α,β-unsaturated/α-hetero) is 1. The van der Waals surface area contributed by atoms with Gasteiger partial charge in [0.05, 0.1) is 25.3 Å². The number of aryl methyl sites for hydroxylation is 2. The topological polar surface area (TPSA) is 111 Å². The third-order valence-electron chi connectivity index (χ3n) is 7.24. The molecule has 1 N–H and O–H groups in total. The molecule has 44 heavy (non-hydrogen) atoms. The van der Waals surface area contributed by atoms with E-state index in [0.717, 1.165) is 17.5 Å². The molecular weight excluding hydrogens is 578 g/mol. The number of carbonyl (C=O) groups is 2. The number of aliphatic hydroxyl groups excluding tert-OH is 1. The highest BCUT2D eigenvalue weighted by Crippen LogP contribution is 2.45. The number of carbonyl (C=O) groups excluding carboxylic acids is 2. The Balaban J connectivity index is 1.50. The maximum absolute atomic E-state index is 13.5. The lowest BCUT2D eigenvalue weighted by Gasteiger charge is -2.23. The molecule has 3 aromatic carbocycles. The molecule has 0 aliphatic carbocycles. The number of aliphatic hydroxyl groups is 1. The van der Waals surface area contributed by atoms with E-state index in [2.05, 4.69) is 30.1 Å². The van der Waals surface area contributed by atoms with E-state index < -0.39 is 17.7 Å². The SMILES string of the molecule is COc1cc(C2C(=C(O)c3ccc(OCc4cccc(C)c4)cc3)C(=O)C(=O)N2c2nnc(C)s2)ccc1OCCC(C)C. The van der Waals surface area contributed by atoms with Crippen molar-refractivity contribution >= 4 is 33.9 Å². The van der Waals surface area contributed by atoms with Crippen LogP contribution in [0, 0.1) is 19.8 Å². The van der Waals surface area contributed by atoms with Gasteiger partial charge in [-0.15, -0.1) is 10.2 Å². The van der Waals surface area contributed by atoms with Crippen LogP contribution in [0.2, 0.25) is 0 Å². The lowest BCUT2D eigenvalue weighted by molar-refractivity contribution is -0.132. The Kier molecular flexibility index (Phi) is 9.29. The lowest BCUT2D eigenvalue weighted by Crippen LogP contribution is -2.29. The van der Waals surface area contributed by atoms with Crippen LogP contribution in [-0.4, -0.2) is 40.7 Å². The van der Waals surface area contributed by atoms with Gasteiger partial charge in [0.25, 0.3) is 5.78 Å². The molecule has 1 saturated heterocycles. The molecule has 10 heteroatoms. The average Bonchev–Trinajstić information content (AvgIpc) is 3.55. The molecule has 2 heterocycles. The predicted octanol–water partition coefficient (Wildman–Crippen LogP) is 6.79. The van der Waals surface area contributed by atoms with Crippen LogP contribution in [0.1, 0.15) is 53.6 Å². The summed E-state index contributed by atoms with van der Waals surface area (Å²) in [5, 5.41) is 20.6. The summed E-state index contributed by atoms with van der Waals surface area (Å²) >= 11 is 1.19. The van der Waals surface area contributed by atoms with Gasteiger partial charge in [-0.2, -0.15) is 0 Å². The molecule has 4 aromatic rings. The number of ether oxygens (including phenoxy) is 3. The molecule has 5 rings (SSSR count). The van der Waals surface area contributed by atoms with E-state index in [1.807, 2.05) is 25.1 Å². The van der Waals surface area contributed by atoms with Crippen molar-refractivity contribution in [1.29, 1.82) is 0 Å². The van der Waals surface area contributed by atoms with Gasteiger partial charge in [0.15, 0.2) is 11.5 Å². The van der Waals surface area contributed by atoms with E-state index in [9.17, 15) is 14.7 Å². The van der Waals surface area contributed by atoms with Gasteiger partial charge in [0.1, 0.15) is 23.1 Å². The van der Waals surface area contributed by atoms with Crippen LogP contribution in [0.5, 0.6) is 17.2 Å². The number of ketones is 1. The maximum Gasteiger partial charge on any atom is 0.301 e. The van der Waals surface area contributed by atoms with Gasteiger partial charge >= 0.3 is 5.91 Å². The first-order valence-electron chi connectivity index (χ1n) is 14.4. The molecule has 1 aliphatic rings. The Morgan fingerprint density at radius 3 is 2.41 bits per heavy atom. The van der Waals surface area contributed by atoms with Crippen molar-refractivity contribution in [2.75, 3.05) is 18.6 Å². The van der Waals surface area contributed by atoms with Crippen LogP contribution in [0.15, 0.2) is 72.3 Å². The first-order valence-corrected chi connectivity index (χ1v) is 15.2. The van der Waals surface area contributed by atoms with Gasteiger partial charge in [0, 0.05) is 5.56 Å². The normalized spacial score (nSPS) is 16.0. The molecular formula is C34H35N3O6S. The Hall–Kier alpha value is -4.70. The first kappa shape index (κ1) is 30.7. The van der Waals surface area contributed by atoms with Crippen LogP contribution >= 0.6 is 11.3 Å². The molecule has 0 spiro atoms. The van der Waals surface area contributed by atoms with Gasteiger partial charge in [-0.3, -0.25) is 14.5 Å². The number of rotatable bonds is 11. The molecule has 0 radical (unpaired) electrons. The molecule has 228 valence electrons. The van der Waals surface area contributed by atoms with E-state index in [1.165, 1.54) is 23.3 Å². The summed E-state index contributed by atoms with van der Waals surface area (Å²) in [4.78, 5) is 28.3. The Bertz CT molecular complexity index is 1700. The van der Waals surface area contributed by atoms with Gasteiger partial charge in [-0.25, -0.2) is 0 Å². The van der Waals surface area contributed by atoms with Crippen LogP contribution in [-0.2, 0) is 16.2 Å². The summed E-state index contributed by atoms with van der Waals surface area (Å²) in [6.07, 6.45) is 0.872. The van der Waals surface area contributed by atoms with Crippen molar-refractivity contribution in [3.8, 4) is 17.2 Å². The van der Waals surface area contributed by atoms with Gasteiger partial charge in [-0.1, -0.05) is 61.1 Å². The zero-order valence-corrected chi connectivity index (χ0v) is 26.2. The zero-order valence-electron chi connectivity index (χ0n) is 25.4. The number of anilines is 1. The second kappa shape index (κ2) is 13.3. The van der Waals surface area contributed by atoms with Crippen molar-refractivity contribution in [3.63, 3.8) is 0 Å². The molecule has 1 aliphatic heterocycles. The number of hydrogen-bond donors (Lipinski definition) is 1. The fraction of sp³-hybridized carbons (Fsp3) is 0.294. The summed E-state index contributed by atoms with van der Waals surface area (Å²) in [5.41, 5.74) is 3.03. The average molecular weight is 614 g/mol. The van der Waals surface area contributed by atoms with Gasteiger partial charge < -0.3 is 19.3 Å². The van der Waals surface area contributed by atoms with Gasteiger partial charge in [0.2, 0.25) is 5.13 Å². The molecule has 1 aromatic heterocycles. The minimum Gasteiger partial charge on any atom is -0.507 e. The van der Waals surface area contributed by atoms with E-state index in [-0.39, 0.29) is 16.5 Å². The van der Waals surface area contributed by atoms with E-state index >= 15 is 0 Å². The number of methoxy groups -OCH3 is 1.